The minimum absolute atomic E-state index is 0.976. The maximum atomic E-state index is 5.45. The summed E-state index contributed by atoms with van der Waals surface area (Å²) in [5.74, 6) is 0.976. The third-order valence-electron chi connectivity index (χ3n) is 3.20. The maximum absolute atomic E-state index is 5.45. The highest BCUT2D eigenvalue weighted by Gasteiger charge is 2.15. The monoisotopic (exact) mass is 325 g/mol. The normalized spacial score (nSPS) is 10.8. The van der Waals surface area contributed by atoms with Crippen molar-refractivity contribution in [2.24, 2.45) is 0 Å². The molecule has 1 aromatic carbocycles. The van der Waals surface area contributed by atoms with Gasteiger partial charge >= 0.3 is 0 Å². The van der Waals surface area contributed by atoms with Gasteiger partial charge in [-0.25, -0.2) is 4.98 Å². The zero-order chi connectivity index (χ0) is 13.4. The van der Waals surface area contributed by atoms with Gasteiger partial charge in [-0.15, -0.1) is 11.3 Å². The number of halogens is 1. The lowest BCUT2D eigenvalue weighted by Gasteiger charge is -2.14. The molecule has 4 heteroatoms. The van der Waals surface area contributed by atoms with E-state index in [0.29, 0.717) is 0 Å². The van der Waals surface area contributed by atoms with Gasteiger partial charge in [0.1, 0.15) is 10.8 Å². The van der Waals surface area contributed by atoms with E-state index in [0.717, 1.165) is 25.8 Å². The number of aromatic nitrogens is 1. The Kier molecular flexibility index (Phi) is 3.78. The van der Waals surface area contributed by atoms with Gasteiger partial charge in [-0.3, -0.25) is 0 Å². The molecule has 18 heavy (non-hydrogen) atoms. The predicted octanol–water partition coefficient (Wildman–Crippen LogP) is 4.81. The van der Waals surface area contributed by atoms with Crippen LogP contribution in [0.15, 0.2) is 9.85 Å². The van der Waals surface area contributed by atoms with Gasteiger partial charge in [0.15, 0.2) is 0 Å². The van der Waals surface area contributed by atoms with Crippen molar-refractivity contribution in [3.63, 3.8) is 0 Å². The van der Waals surface area contributed by atoms with E-state index in [2.05, 4.69) is 47.8 Å². The van der Waals surface area contributed by atoms with Crippen LogP contribution in [-0.2, 0) is 0 Å². The largest absolute Gasteiger partial charge is 0.496 e. The maximum Gasteiger partial charge on any atom is 0.124 e. The van der Waals surface area contributed by atoms with Crippen molar-refractivity contribution in [3.05, 3.63) is 32.2 Å². The Labute approximate surface area is 120 Å². The average molecular weight is 326 g/mol. The summed E-state index contributed by atoms with van der Waals surface area (Å²) in [5.41, 5.74) is 5.82. The predicted molar refractivity (Wildman–Crippen MR) is 80.8 cm³/mol. The molecule has 0 aliphatic rings. The minimum Gasteiger partial charge on any atom is -0.496 e. The van der Waals surface area contributed by atoms with Crippen molar-refractivity contribution in [2.75, 3.05) is 7.11 Å². The van der Waals surface area contributed by atoms with Crippen LogP contribution in [0.1, 0.15) is 22.4 Å². The summed E-state index contributed by atoms with van der Waals surface area (Å²) < 4.78 is 6.55. The first-order valence-electron chi connectivity index (χ1n) is 5.73. The van der Waals surface area contributed by atoms with E-state index in [1.54, 1.807) is 18.4 Å². The van der Waals surface area contributed by atoms with Crippen molar-refractivity contribution >= 4 is 27.3 Å². The molecule has 0 radical (unpaired) electrons. The van der Waals surface area contributed by atoms with Crippen LogP contribution in [-0.4, -0.2) is 12.1 Å². The second-order valence-corrected chi connectivity index (χ2v) is 6.72. The zero-order valence-corrected chi connectivity index (χ0v) is 13.6. The van der Waals surface area contributed by atoms with Gasteiger partial charge in [0.05, 0.1) is 16.6 Å². The van der Waals surface area contributed by atoms with Crippen LogP contribution in [0.4, 0.5) is 0 Å². The Balaban J connectivity index is 2.66. The molecule has 0 saturated heterocycles. The van der Waals surface area contributed by atoms with Crippen molar-refractivity contribution < 1.29 is 4.74 Å². The van der Waals surface area contributed by atoms with Crippen LogP contribution in [0.2, 0.25) is 0 Å². The molecule has 0 aliphatic heterocycles. The number of ether oxygens (including phenoxy) is 1. The number of aryl methyl sites for hydroxylation is 2. The van der Waals surface area contributed by atoms with Gasteiger partial charge in [0.2, 0.25) is 0 Å². The quantitative estimate of drug-likeness (QED) is 0.790. The number of rotatable bonds is 2. The van der Waals surface area contributed by atoms with Crippen LogP contribution >= 0.6 is 27.3 Å². The number of hydrogen-bond acceptors (Lipinski definition) is 3. The molecule has 2 rings (SSSR count). The highest BCUT2D eigenvalue weighted by molar-refractivity contribution is 9.11. The molecule has 0 unspecified atom stereocenters. The lowest BCUT2D eigenvalue weighted by Crippen LogP contribution is -1.96. The third kappa shape index (κ3) is 2.19. The fourth-order valence-corrected chi connectivity index (χ4v) is 3.50. The topological polar surface area (TPSA) is 22.1 Å². The molecule has 0 atom stereocenters. The molecule has 96 valence electrons. The summed E-state index contributed by atoms with van der Waals surface area (Å²) in [5, 5.41) is 1.06. The van der Waals surface area contributed by atoms with Crippen LogP contribution in [0.3, 0.4) is 0 Å². The zero-order valence-electron chi connectivity index (χ0n) is 11.2. The van der Waals surface area contributed by atoms with Gasteiger partial charge in [-0.1, -0.05) is 0 Å². The van der Waals surface area contributed by atoms with Gasteiger partial charge in [0.25, 0.3) is 0 Å². The van der Waals surface area contributed by atoms with E-state index in [1.807, 2.05) is 6.92 Å². The number of benzene rings is 1. The number of hydrogen-bond donors (Lipinski definition) is 0. The Hall–Kier alpha value is -0.870. The van der Waals surface area contributed by atoms with E-state index in [-0.39, 0.29) is 0 Å². The van der Waals surface area contributed by atoms with Crippen LogP contribution in [0.25, 0.3) is 10.6 Å². The number of methoxy groups -OCH3 is 1. The first kappa shape index (κ1) is 13.6. The number of thiazole rings is 1. The summed E-state index contributed by atoms with van der Waals surface area (Å²) in [4.78, 5) is 4.61. The molecule has 0 fully saturated rings. The smallest absolute Gasteiger partial charge is 0.124 e. The van der Waals surface area contributed by atoms with E-state index < -0.39 is 0 Å². The SMILES string of the molecule is COc1c(C)cc(-c2nc(C)c(Br)s2)c(C)c1C. The molecule has 0 saturated carbocycles. The summed E-state index contributed by atoms with van der Waals surface area (Å²) in [6, 6.07) is 2.16. The summed E-state index contributed by atoms with van der Waals surface area (Å²) in [6.07, 6.45) is 0. The average Bonchev–Trinajstić information content (AvgIpc) is 2.65. The third-order valence-corrected chi connectivity index (χ3v) is 5.24. The molecule has 0 bridgehead atoms. The van der Waals surface area contributed by atoms with Crippen LogP contribution in [0.5, 0.6) is 5.75 Å². The molecule has 2 aromatic rings. The van der Waals surface area contributed by atoms with Crippen LogP contribution in [0, 0.1) is 27.7 Å². The molecule has 1 heterocycles. The summed E-state index contributed by atoms with van der Waals surface area (Å²) in [6.45, 7) is 8.31. The van der Waals surface area contributed by atoms with Crippen molar-refractivity contribution in [1.82, 2.24) is 4.98 Å². The van der Waals surface area contributed by atoms with Crippen LogP contribution < -0.4 is 4.74 Å². The van der Waals surface area contributed by atoms with Gasteiger partial charge in [0, 0.05) is 5.56 Å². The Morgan fingerprint density at radius 3 is 2.33 bits per heavy atom. The number of nitrogens with zero attached hydrogens (tertiary/aromatic N) is 1. The van der Waals surface area contributed by atoms with E-state index in [1.165, 1.54) is 16.7 Å². The van der Waals surface area contributed by atoms with Gasteiger partial charge < -0.3 is 4.74 Å². The van der Waals surface area contributed by atoms with E-state index >= 15 is 0 Å². The van der Waals surface area contributed by atoms with Crippen molar-refractivity contribution in [2.45, 2.75) is 27.7 Å². The molecular formula is C14H16BrNOS. The molecule has 0 aliphatic carbocycles. The fraction of sp³-hybridized carbons (Fsp3) is 0.357. The fourth-order valence-electron chi connectivity index (χ4n) is 2.09. The van der Waals surface area contributed by atoms with Gasteiger partial charge in [-0.05, 0) is 66.4 Å². The Bertz CT molecular complexity index is 585. The summed E-state index contributed by atoms with van der Waals surface area (Å²) >= 11 is 5.21. The van der Waals surface area contributed by atoms with E-state index in [9.17, 15) is 0 Å². The molecule has 0 spiro atoms. The standard InChI is InChI=1S/C14H16BrNOS/c1-7-6-11(8(2)9(3)12(7)17-5)14-16-10(4)13(15)18-14/h6H,1-5H3. The first-order valence-corrected chi connectivity index (χ1v) is 7.34. The Morgan fingerprint density at radius 2 is 1.83 bits per heavy atom. The molecule has 0 N–H and O–H groups in total. The Morgan fingerprint density at radius 1 is 1.17 bits per heavy atom. The first-order chi connectivity index (χ1) is 8.45. The minimum atomic E-state index is 0.976. The highest BCUT2D eigenvalue weighted by Crippen LogP contribution is 2.38. The molecule has 1 aromatic heterocycles. The second-order valence-electron chi connectivity index (χ2n) is 4.40. The lowest BCUT2D eigenvalue weighted by molar-refractivity contribution is 0.408. The molecular weight excluding hydrogens is 310 g/mol. The van der Waals surface area contributed by atoms with Crippen molar-refractivity contribution in [1.29, 1.82) is 0 Å². The van der Waals surface area contributed by atoms with E-state index in [4.69, 9.17) is 4.74 Å². The highest BCUT2D eigenvalue weighted by atomic mass is 79.9. The van der Waals surface area contributed by atoms with Gasteiger partial charge in [-0.2, -0.15) is 0 Å². The molecule has 0 amide bonds. The second kappa shape index (κ2) is 5.02. The molecule has 2 nitrogen and oxygen atoms in total. The van der Waals surface area contributed by atoms with Crippen molar-refractivity contribution in [3.8, 4) is 16.3 Å². The lowest BCUT2D eigenvalue weighted by atomic mass is 9.99. The summed E-state index contributed by atoms with van der Waals surface area (Å²) in [7, 11) is 1.72.